The zero-order valence-electron chi connectivity index (χ0n) is 20.8. The molecule has 1 aliphatic heterocycles. The lowest BCUT2D eigenvalue weighted by Crippen LogP contribution is -2.47. The molecule has 6 rings (SSSR count). The summed E-state index contributed by atoms with van der Waals surface area (Å²) in [7, 11) is 0. The number of nitrogens with zero attached hydrogens (tertiary/aromatic N) is 4. The highest BCUT2D eigenvalue weighted by molar-refractivity contribution is 5.82. The molecule has 0 atom stereocenters. The molecule has 1 aliphatic rings. The van der Waals surface area contributed by atoms with Crippen LogP contribution in [0.3, 0.4) is 0 Å². The second kappa shape index (κ2) is 10.6. The highest BCUT2D eigenvalue weighted by Gasteiger charge is 2.20. The van der Waals surface area contributed by atoms with E-state index in [2.05, 4.69) is 14.8 Å². The van der Waals surface area contributed by atoms with Crippen LogP contribution in [0.4, 0.5) is 10.2 Å². The fourth-order valence-corrected chi connectivity index (χ4v) is 4.81. The molecule has 0 bridgehead atoms. The van der Waals surface area contributed by atoms with Gasteiger partial charge in [-0.1, -0.05) is 24.3 Å². The van der Waals surface area contributed by atoms with Gasteiger partial charge in [-0.3, -0.25) is 14.7 Å². The summed E-state index contributed by atoms with van der Waals surface area (Å²) in [5.41, 5.74) is 2.65. The Bertz CT molecular complexity index is 1630. The van der Waals surface area contributed by atoms with Crippen molar-refractivity contribution in [3.63, 3.8) is 0 Å². The van der Waals surface area contributed by atoms with Gasteiger partial charge in [-0.05, 0) is 55.0 Å². The number of ether oxygens (including phenoxy) is 1. The van der Waals surface area contributed by atoms with Gasteiger partial charge >= 0.3 is 0 Å². The number of rotatable bonds is 7. The zero-order chi connectivity index (χ0) is 25.9. The Labute approximate surface area is 219 Å². The zero-order valence-corrected chi connectivity index (χ0v) is 20.8. The molecule has 1 saturated heterocycles. The van der Waals surface area contributed by atoms with Gasteiger partial charge in [-0.25, -0.2) is 9.37 Å². The second-order valence-corrected chi connectivity index (χ2v) is 9.34. The molecule has 0 radical (unpaired) electrons. The van der Waals surface area contributed by atoms with E-state index in [0.29, 0.717) is 28.9 Å². The lowest BCUT2D eigenvalue weighted by atomic mass is 10.1. The van der Waals surface area contributed by atoms with Gasteiger partial charge in [0.1, 0.15) is 17.2 Å². The van der Waals surface area contributed by atoms with E-state index in [4.69, 9.17) is 14.1 Å². The molecule has 3 heterocycles. The fraction of sp³-hybridized carbons (Fsp3) is 0.233. The Hall–Kier alpha value is -4.30. The minimum Gasteiger partial charge on any atom is -0.486 e. The van der Waals surface area contributed by atoms with Gasteiger partial charge in [0.15, 0.2) is 5.76 Å². The smallest absolute Gasteiger partial charge is 0.235 e. The third-order valence-corrected chi connectivity index (χ3v) is 6.86. The van der Waals surface area contributed by atoms with Gasteiger partial charge in [0.05, 0.1) is 29.2 Å². The van der Waals surface area contributed by atoms with E-state index in [9.17, 15) is 9.18 Å². The SMILES string of the molecule is O=c1c(OCCCN2CCN(c3cnc4ccccc4n3)CC2)c(-c2ccc(F)cc2)oc2ccccc12. The molecule has 3 aromatic carbocycles. The number of hydrogen-bond acceptors (Lipinski definition) is 7. The molecule has 0 aliphatic carbocycles. The topological polar surface area (TPSA) is 71.7 Å². The van der Waals surface area contributed by atoms with Crippen molar-refractivity contribution in [2.24, 2.45) is 0 Å². The summed E-state index contributed by atoms with van der Waals surface area (Å²) < 4.78 is 25.6. The minimum absolute atomic E-state index is 0.162. The number of para-hydroxylation sites is 3. The van der Waals surface area contributed by atoms with Crippen LogP contribution in [0.5, 0.6) is 5.75 Å². The van der Waals surface area contributed by atoms with Gasteiger partial charge in [0.2, 0.25) is 11.2 Å². The molecule has 38 heavy (non-hydrogen) atoms. The normalized spacial score (nSPS) is 14.3. The Morgan fingerprint density at radius 2 is 1.63 bits per heavy atom. The minimum atomic E-state index is -0.355. The first-order valence-electron chi connectivity index (χ1n) is 12.8. The average Bonchev–Trinajstić information content (AvgIpc) is 2.97. The van der Waals surface area contributed by atoms with Gasteiger partial charge in [-0.15, -0.1) is 0 Å². The number of benzene rings is 3. The molecule has 192 valence electrons. The van der Waals surface area contributed by atoms with E-state index < -0.39 is 0 Å². The number of fused-ring (bicyclic) bond motifs is 2. The highest BCUT2D eigenvalue weighted by Crippen LogP contribution is 2.31. The van der Waals surface area contributed by atoms with E-state index in [0.717, 1.165) is 56.0 Å². The van der Waals surface area contributed by atoms with Crippen molar-refractivity contribution in [2.75, 3.05) is 44.2 Å². The molecule has 0 N–H and O–H groups in total. The highest BCUT2D eigenvalue weighted by atomic mass is 19.1. The van der Waals surface area contributed by atoms with Crippen LogP contribution in [0.1, 0.15) is 6.42 Å². The summed E-state index contributed by atoms with van der Waals surface area (Å²) in [6.07, 6.45) is 2.60. The number of aromatic nitrogens is 2. The van der Waals surface area contributed by atoms with Crippen LogP contribution in [-0.4, -0.2) is 54.2 Å². The molecule has 0 spiro atoms. The van der Waals surface area contributed by atoms with Crippen molar-refractivity contribution >= 4 is 27.8 Å². The fourth-order valence-electron chi connectivity index (χ4n) is 4.81. The number of halogens is 1. The van der Waals surface area contributed by atoms with E-state index in [-0.39, 0.29) is 17.0 Å². The van der Waals surface area contributed by atoms with Crippen LogP contribution >= 0.6 is 0 Å². The first kappa shape index (κ1) is 24.1. The summed E-state index contributed by atoms with van der Waals surface area (Å²) in [5.74, 6) is 1.03. The molecule has 2 aromatic heterocycles. The van der Waals surface area contributed by atoms with Crippen molar-refractivity contribution in [1.29, 1.82) is 0 Å². The molecule has 0 amide bonds. The maximum absolute atomic E-state index is 13.5. The Morgan fingerprint density at radius 3 is 2.45 bits per heavy atom. The molecule has 0 unspecified atom stereocenters. The van der Waals surface area contributed by atoms with Crippen molar-refractivity contribution in [3.8, 4) is 17.1 Å². The van der Waals surface area contributed by atoms with Crippen molar-refractivity contribution < 1.29 is 13.5 Å². The first-order valence-corrected chi connectivity index (χ1v) is 12.8. The van der Waals surface area contributed by atoms with Gasteiger partial charge in [0.25, 0.3) is 0 Å². The summed E-state index contributed by atoms with van der Waals surface area (Å²) >= 11 is 0. The van der Waals surface area contributed by atoms with Crippen molar-refractivity contribution in [1.82, 2.24) is 14.9 Å². The summed E-state index contributed by atoms with van der Waals surface area (Å²) in [5, 5.41) is 0.460. The predicted octanol–water partition coefficient (Wildman–Crippen LogP) is 5.13. The van der Waals surface area contributed by atoms with Crippen LogP contribution in [0.2, 0.25) is 0 Å². The lowest BCUT2D eigenvalue weighted by molar-refractivity contribution is 0.223. The molecule has 1 fully saturated rings. The van der Waals surface area contributed by atoms with Crippen LogP contribution in [0.15, 0.2) is 88.2 Å². The van der Waals surface area contributed by atoms with Crippen LogP contribution in [0, 0.1) is 5.82 Å². The quantitative estimate of drug-likeness (QED) is 0.281. The molecular weight excluding hydrogens is 483 g/mol. The number of hydrogen-bond donors (Lipinski definition) is 0. The summed E-state index contributed by atoms with van der Waals surface area (Å²) in [6.45, 7) is 4.78. The van der Waals surface area contributed by atoms with Gasteiger partial charge in [0, 0.05) is 38.3 Å². The van der Waals surface area contributed by atoms with Crippen molar-refractivity contribution in [3.05, 3.63) is 95.0 Å². The first-order chi connectivity index (χ1) is 18.7. The molecular formula is C30H27FN4O3. The number of anilines is 1. The standard InChI is InChI=1S/C30H27FN4O3/c31-22-12-10-21(11-13-22)29-30(28(36)23-6-1-4-9-26(23)38-29)37-19-5-14-34-15-17-35(18-16-34)27-20-32-24-7-2-3-8-25(24)33-27/h1-4,6-13,20H,5,14-19H2. The van der Waals surface area contributed by atoms with E-state index in [1.165, 1.54) is 12.1 Å². The Balaban J connectivity index is 1.09. The average molecular weight is 511 g/mol. The van der Waals surface area contributed by atoms with E-state index >= 15 is 0 Å². The van der Waals surface area contributed by atoms with E-state index in [1.54, 1.807) is 30.3 Å². The largest absolute Gasteiger partial charge is 0.486 e. The molecule has 0 saturated carbocycles. The monoisotopic (exact) mass is 510 g/mol. The molecule has 5 aromatic rings. The second-order valence-electron chi connectivity index (χ2n) is 9.34. The Morgan fingerprint density at radius 1 is 0.895 bits per heavy atom. The van der Waals surface area contributed by atoms with Crippen LogP contribution in [-0.2, 0) is 0 Å². The summed E-state index contributed by atoms with van der Waals surface area (Å²) in [6, 6.07) is 20.9. The third-order valence-electron chi connectivity index (χ3n) is 6.86. The molecule has 7 nitrogen and oxygen atoms in total. The summed E-state index contributed by atoms with van der Waals surface area (Å²) in [4.78, 5) is 27.2. The maximum Gasteiger partial charge on any atom is 0.235 e. The predicted molar refractivity (Wildman–Crippen MR) is 146 cm³/mol. The maximum atomic E-state index is 13.5. The van der Waals surface area contributed by atoms with Crippen molar-refractivity contribution in [2.45, 2.75) is 6.42 Å². The van der Waals surface area contributed by atoms with Crippen LogP contribution in [0.25, 0.3) is 33.3 Å². The van der Waals surface area contributed by atoms with Gasteiger partial charge < -0.3 is 14.1 Å². The van der Waals surface area contributed by atoms with Gasteiger partial charge in [-0.2, -0.15) is 0 Å². The number of piperazine rings is 1. The van der Waals surface area contributed by atoms with Crippen LogP contribution < -0.4 is 15.1 Å². The Kier molecular flexibility index (Phi) is 6.71. The lowest BCUT2D eigenvalue weighted by Gasteiger charge is -2.35. The molecule has 8 heteroatoms. The third kappa shape index (κ3) is 4.95. The van der Waals surface area contributed by atoms with E-state index in [1.807, 2.05) is 36.5 Å².